The van der Waals surface area contributed by atoms with E-state index >= 15 is 0 Å². The van der Waals surface area contributed by atoms with Crippen molar-refractivity contribution in [3.8, 4) is 5.75 Å². The summed E-state index contributed by atoms with van der Waals surface area (Å²) < 4.78 is 6.69. The summed E-state index contributed by atoms with van der Waals surface area (Å²) in [7, 11) is 1.59. The molecule has 0 spiro atoms. The molecule has 1 heterocycles. The van der Waals surface area contributed by atoms with Gasteiger partial charge in [-0.2, -0.15) is 0 Å². The van der Waals surface area contributed by atoms with E-state index in [2.05, 4.69) is 10.3 Å². The number of nitrogens with one attached hydrogen (secondary N) is 1. The van der Waals surface area contributed by atoms with E-state index in [1.54, 1.807) is 42.9 Å². The molecule has 0 atom stereocenters. The van der Waals surface area contributed by atoms with Crippen LogP contribution in [0, 0.1) is 6.92 Å². The Bertz CT molecular complexity index is 962. The Balaban J connectivity index is 1.74. The van der Waals surface area contributed by atoms with Gasteiger partial charge in [0, 0.05) is 18.7 Å². The van der Waals surface area contributed by atoms with Crippen LogP contribution in [-0.4, -0.2) is 22.6 Å². The van der Waals surface area contributed by atoms with Crippen molar-refractivity contribution in [3.05, 3.63) is 64.6 Å². The molecule has 0 bridgehead atoms. The van der Waals surface area contributed by atoms with Crippen molar-refractivity contribution in [1.29, 1.82) is 0 Å². The van der Waals surface area contributed by atoms with Crippen molar-refractivity contribution in [2.45, 2.75) is 19.9 Å². The van der Waals surface area contributed by atoms with Crippen LogP contribution in [0.25, 0.3) is 11.0 Å². The monoisotopic (exact) mass is 337 g/mol. The molecule has 0 aliphatic heterocycles. The zero-order chi connectivity index (χ0) is 17.8. The van der Waals surface area contributed by atoms with Crippen molar-refractivity contribution in [3.63, 3.8) is 0 Å². The van der Waals surface area contributed by atoms with Crippen LogP contribution in [0.2, 0.25) is 0 Å². The molecule has 6 heteroatoms. The number of rotatable bonds is 5. The number of nitrogens with zero attached hydrogens (tertiary/aromatic N) is 2. The fraction of sp³-hybridized carbons (Fsp3) is 0.211. The molecule has 0 fully saturated rings. The van der Waals surface area contributed by atoms with E-state index in [0.29, 0.717) is 17.9 Å². The number of amides is 1. The van der Waals surface area contributed by atoms with Crippen LogP contribution in [0.4, 0.5) is 5.69 Å². The molecule has 3 aromatic rings. The van der Waals surface area contributed by atoms with Gasteiger partial charge in [-0.05, 0) is 43.3 Å². The molecule has 0 radical (unpaired) electrons. The van der Waals surface area contributed by atoms with Crippen LogP contribution in [0.5, 0.6) is 5.75 Å². The zero-order valence-electron chi connectivity index (χ0n) is 14.2. The number of fused-ring (bicyclic) bond motifs is 1. The van der Waals surface area contributed by atoms with Gasteiger partial charge in [0.05, 0.1) is 18.1 Å². The minimum absolute atomic E-state index is 0.157. The van der Waals surface area contributed by atoms with Crippen molar-refractivity contribution in [1.82, 2.24) is 9.55 Å². The number of ether oxygens (including phenoxy) is 1. The van der Waals surface area contributed by atoms with Crippen molar-refractivity contribution in [2.24, 2.45) is 0 Å². The molecule has 0 unspecified atom stereocenters. The molecule has 6 nitrogen and oxygen atoms in total. The second kappa shape index (κ2) is 7.17. The number of benzene rings is 2. The Morgan fingerprint density at radius 2 is 1.88 bits per heavy atom. The normalized spacial score (nSPS) is 10.6. The third kappa shape index (κ3) is 3.68. The van der Waals surface area contributed by atoms with Gasteiger partial charge in [0.15, 0.2) is 0 Å². The number of hydrogen-bond acceptors (Lipinski definition) is 4. The summed E-state index contributed by atoms with van der Waals surface area (Å²) in [5.41, 5.74) is 2.42. The van der Waals surface area contributed by atoms with Crippen molar-refractivity contribution >= 4 is 22.6 Å². The maximum atomic E-state index is 12.4. The second-order valence-corrected chi connectivity index (χ2v) is 5.67. The molecule has 0 aliphatic rings. The first-order valence-electron chi connectivity index (χ1n) is 7.98. The molecule has 3 rings (SSSR count). The lowest BCUT2D eigenvalue weighted by Gasteiger charge is -2.11. The molecule has 25 heavy (non-hydrogen) atoms. The van der Waals surface area contributed by atoms with Gasteiger partial charge in [0.1, 0.15) is 11.4 Å². The highest BCUT2D eigenvalue weighted by Crippen LogP contribution is 2.15. The number of carbonyl (C=O) groups excluding carboxylic acids is 1. The zero-order valence-corrected chi connectivity index (χ0v) is 14.2. The molecule has 0 aliphatic carbocycles. The van der Waals surface area contributed by atoms with E-state index in [1.807, 2.05) is 24.3 Å². The minimum atomic E-state index is -0.170. The molecule has 1 amide bonds. The van der Waals surface area contributed by atoms with Gasteiger partial charge < -0.3 is 14.6 Å². The van der Waals surface area contributed by atoms with Crippen LogP contribution >= 0.6 is 0 Å². The Morgan fingerprint density at radius 3 is 2.60 bits per heavy atom. The van der Waals surface area contributed by atoms with Gasteiger partial charge in [0.2, 0.25) is 5.91 Å². The van der Waals surface area contributed by atoms with Gasteiger partial charge in [-0.25, -0.2) is 4.98 Å². The standard InChI is InChI=1S/C19H19N3O3/c1-13-19(24)22(17-6-4-3-5-16(17)20-13)12-11-18(23)21-14-7-9-15(25-2)10-8-14/h3-10H,11-12H2,1-2H3,(H,21,23). The fourth-order valence-electron chi connectivity index (χ4n) is 2.65. The fourth-order valence-corrected chi connectivity index (χ4v) is 2.65. The minimum Gasteiger partial charge on any atom is -0.497 e. The number of para-hydroxylation sites is 2. The smallest absolute Gasteiger partial charge is 0.272 e. The summed E-state index contributed by atoms with van der Waals surface area (Å²) in [6.45, 7) is 1.98. The molecule has 0 saturated carbocycles. The third-order valence-corrected chi connectivity index (χ3v) is 3.95. The Hall–Kier alpha value is -3.15. The molecular formula is C19H19N3O3. The first-order chi connectivity index (χ1) is 12.1. The molecule has 0 saturated heterocycles. The summed E-state index contributed by atoms with van der Waals surface area (Å²) in [6, 6.07) is 14.5. The molecule has 1 aromatic heterocycles. The molecule has 1 N–H and O–H groups in total. The summed E-state index contributed by atoms with van der Waals surface area (Å²) in [6.07, 6.45) is 0.194. The number of carbonyl (C=O) groups is 1. The summed E-state index contributed by atoms with van der Waals surface area (Å²) in [4.78, 5) is 28.9. The lowest BCUT2D eigenvalue weighted by Crippen LogP contribution is -2.26. The average Bonchev–Trinajstić information content (AvgIpc) is 2.63. The van der Waals surface area contributed by atoms with Gasteiger partial charge >= 0.3 is 0 Å². The predicted molar refractivity (Wildman–Crippen MR) is 97.0 cm³/mol. The first kappa shape index (κ1) is 16.7. The van der Waals surface area contributed by atoms with Gasteiger partial charge in [-0.1, -0.05) is 12.1 Å². The van der Waals surface area contributed by atoms with E-state index < -0.39 is 0 Å². The summed E-state index contributed by atoms with van der Waals surface area (Å²) in [5.74, 6) is 0.568. The quantitative estimate of drug-likeness (QED) is 0.777. The Labute approximate surface area is 145 Å². The Kier molecular flexibility index (Phi) is 4.79. The largest absolute Gasteiger partial charge is 0.497 e. The maximum Gasteiger partial charge on any atom is 0.272 e. The van der Waals surface area contributed by atoms with Gasteiger partial charge in [-0.15, -0.1) is 0 Å². The van der Waals surface area contributed by atoms with Crippen LogP contribution in [-0.2, 0) is 11.3 Å². The molecule has 128 valence electrons. The number of aromatic nitrogens is 2. The summed E-state index contributed by atoms with van der Waals surface area (Å²) in [5, 5.41) is 2.82. The second-order valence-electron chi connectivity index (χ2n) is 5.67. The highest BCUT2D eigenvalue weighted by Gasteiger charge is 2.10. The van der Waals surface area contributed by atoms with E-state index in [9.17, 15) is 9.59 Å². The van der Waals surface area contributed by atoms with E-state index in [1.165, 1.54) is 0 Å². The van der Waals surface area contributed by atoms with Crippen molar-refractivity contribution < 1.29 is 9.53 Å². The molecule has 2 aromatic carbocycles. The van der Waals surface area contributed by atoms with Crippen LogP contribution in [0.3, 0.4) is 0 Å². The number of aryl methyl sites for hydroxylation is 2. The Morgan fingerprint density at radius 1 is 1.16 bits per heavy atom. The van der Waals surface area contributed by atoms with Gasteiger partial charge in [-0.3, -0.25) is 9.59 Å². The van der Waals surface area contributed by atoms with Crippen LogP contribution in [0.1, 0.15) is 12.1 Å². The topological polar surface area (TPSA) is 73.2 Å². The maximum absolute atomic E-state index is 12.4. The lowest BCUT2D eigenvalue weighted by molar-refractivity contribution is -0.116. The number of methoxy groups -OCH3 is 1. The highest BCUT2D eigenvalue weighted by atomic mass is 16.5. The highest BCUT2D eigenvalue weighted by molar-refractivity contribution is 5.90. The van der Waals surface area contributed by atoms with Gasteiger partial charge in [0.25, 0.3) is 5.56 Å². The average molecular weight is 337 g/mol. The van der Waals surface area contributed by atoms with Crippen molar-refractivity contribution in [2.75, 3.05) is 12.4 Å². The third-order valence-electron chi connectivity index (χ3n) is 3.95. The van der Waals surface area contributed by atoms with E-state index in [0.717, 1.165) is 16.8 Å². The van der Waals surface area contributed by atoms with Crippen LogP contribution in [0.15, 0.2) is 53.3 Å². The van der Waals surface area contributed by atoms with E-state index in [-0.39, 0.29) is 17.9 Å². The number of hydrogen-bond donors (Lipinski definition) is 1. The van der Waals surface area contributed by atoms with Crippen LogP contribution < -0.4 is 15.6 Å². The first-order valence-corrected chi connectivity index (χ1v) is 7.98. The summed E-state index contributed by atoms with van der Waals surface area (Å²) >= 11 is 0. The lowest BCUT2D eigenvalue weighted by atomic mass is 10.2. The predicted octanol–water partition coefficient (Wildman–Crippen LogP) is 2.74. The number of anilines is 1. The van der Waals surface area contributed by atoms with E-state index in [4.69, 9.17) is 4.74 Å². The SMILES string of the molecule is COc1ccc(NC(=O)CCn2c(=O)c(C)nc3ccccc32)cc1. The molecular weight excluding hydrogens is 318 g/mol.